The van der Waals surface area contributed by atoms with Gasteiger partial charge in [-0.2, -0.15) is 18.6 Å². The number of rotatable bonds is 16. The Balaban J connectivity index is 0.739. The van der Waals surface area contributed by atoms with Gasteiger partial charge in [0.15, 0.2) is 16.9 Å². The minimum atomic E-state index is -5.76. The highest BCUT2D eigenvalue weighted by Gasteiger charge is 2.44. The number of nitrogen functional groups attached to an aromatic ring is 1. The number of ketones is 1. The van der Waals surface area contributed by atoms with Crippen LogP contribution in [0.4, 0.5) is 11.6 Å². The topological polar surface area (TPSA) is 338 Å². The number of aryl methyl sites for hydroxylation is 2. The first-order chi connectivity index (χ1) is 39.2. The van der Waals surface area contributed by atoms with Crippen LogP contribution in [-0.4, -0.2) is 106 Å². The number of carbonyl (C=O) groups excluding carboxylic acids is 1. The third-order valence-electron chi connectivity index (χ3n) is 15.6. The van der Waals surface area contributed by atoms with Gasteiger partial charge in [-0.1, -0.05) is 30.0 Å². The minimum absolute atomic E-state index is 0.0230. The van der Waals surface area contributed by atoms with E-state index in [9.17, 15) is 43.3 Å². The summed E-state index contributed by atoms with van der Waals surface area (Å²) < 4.78 is 70.2. The number of Topliss-reactive ketones (excluding diaryl/α,β-unsaturated/α-hetero) is 1. The number of hydrogen-bond donors (Lipinski definition) is 7. The van der Waals surface area contributed by atoms with E-state index in [4.69, 9.17) is 29.7 Å². The largest absolute Gasteiger partial charge is 0.490 e. The molecule has 0 saturated carbocycles. The average molecular weight is 1180 g/mol. The summed E-state index contributed by atoms with van der Waals surface area (Å²) in [5.74, 6) is 6.49. The quantitative estimate of drug-likeness (QED) is 0.0264. The molecule has 6 atom stereocenters. The zero-order valence-electron chi connectivity index (χ0n) is 44.2. The summed E-state index contributed by atoms with van der Waals surface area (Å²) in [6, 6.07) is 16.7. The number of ether oxygens (including phenoxy) is 3. The van der Waals surface area contributed by atoms with E-state index in [1.54, 1.807) is 25.1 Å². The van der Waals surface area contributed by atoms with Crippen molar-refractivity contribution in [3.8, 4) is 29.2 Å². The first-order valence-corrected chi connectivity index (χ1v) is 31.4. The van der Waals surface area contributed by atoms with Gasteiger partial charge in [0.1, 0.15) is 43.0 Å². The molecule has 0 bridgehead atoms. The highest BCUT2D eigenvalue weighted by Crippen LogP contribution is 2.66. The third-order valence-corrected chi connectivity index (χ3v) is 19.4. The normalized spacial score (nSPS) is 20.7. The van der Waals surface area contributed by atoms with E-state index in [0.717, 1.165) is 111 Å². The van der Waals surface area contributed by atoms with Crippen LogP contribution in [0, 0.1) is 11.8 Å². The molecule has 8 heterocycles. The summed E-state index contributed by atoms with van der Waals surface area (Å²) >= 11 is 0. The van der Waals surface area contributed by atoms with Gasteiger partial charge < -0.3 is 54.6 Å². The predicted molar refractivity (Wildman–Crippen MR) is 294 cm³/mol. The number of benzene rings is 4. The molecule has 12 rings (SSSR count). The zero-order chi connectivity index (χ0) is 57.4. The van der Waals surface area contributed by atoms with E-state index in [1.165, 1.54) is 44.2 Å². The number of aromatic nitrogens is 4. The molecule has 24 nitrogen and oxygen atoms in total. The predicted octanol–water partition coefficient (Wildman–Crippen LogP) is 5.69. The van der Waals surface area contributed by atoms with Crippen molar-refractivity contribution in [2.75, 3.05) is 43.4 Å². The van der Waals surface area contributed by atoms with Gasteiger partial charge in [-0.15, -0.1) is 0 Å². The molecule has 0 aliphatic carbocycles. The van der Waals surface area contributed by atoms with Crippen molar-refractivity contribution in [1.29, 1.82) is 0 Å². The molecule has 0 spiro atoms. The summed E-state index contributed by atoms with van der Waals surface area (Å²) in [5, 5.41) is 23.7. The number of phosphoric acid groups is 3. The van der Waals surface area contributed by atoms with Crippen molar-refractivity contribution < 1.29 is 80.4 Å². The molecule has 1 fully saturated rings. The lowest BCUT2D eigenvalue weighted by molar-refractivity contribution is -0.0423. The van der Waals surface area contributed by atoms with Gasteiger partial charge in [0, 0.05) is 89.5 Å². The van der Waals surface area contributed by atoms with Crippen LogP contribution in [0.3, 0.4) is 0 Å². The van der Waals surface area contributed by atoms with Crippen LogP contribution in [0.25, 0.3) is 16.7 Å². The maximum absolute atomic E-state index is 14.1. The van der Waals surface area contributed by atoms with Crippen LogP contribution in [0.5, 0.6) is 17.4 Å². The van der Waals surface area contributed by atoms with Gasteiger partial charge in [-0.05, 0) is 98.5 Å². The van der Waals surface area contributed by atoms with Crippen molar-refractivity contribution in [1.82, 2.24) is 24.1 Å². The Labute approximate surface area is 468 Å². The van der Waals surface area contributed by atoms with E-state index >= 15 is 0 Å². The number of aliphatic hydroxyl groups excluding tert-OH is 1. The van der Waals surface area contributed by atoms with E-state index in [0.29, 0.717) is 16.7 Å². The molecule has 8 N–H and O–H groups in total. The molecule has 2 aromatic heterocycles. The molecule has 82 heavy (non-hydrogen) atoms. The molecular weight excluding hydrogens is 1120 g/mol. The lowest BCUT2D eigenvalue weighted by atomic mass is 9.81. The second-order valence-corrected chi connectivity index (χ2v) is 25.5. The van der Waals surface area contributed by atoms with Crippen LogP contribution in [0.1, 0.15) is 129 Å². The smallest absolute Gasteiger partial charge is 0.478 e. The average Bonchev–Trinajstić information content (AvgIpc) is 1.35. The standard InChI is InChI=1S/C55H56N7O17P3/c1-30(75-53-47-52(58-55(56)59-53)62(29-57-47)45-27-43(64)44(76-45)28-74-81(70,71)79-82(72,73)78-80(67,68)69)32-16-14-31(15-17-32)8-2-3-13-42(63)33-18-19-36(54(65)66)39(24-33)46-40-25-34-9-4-20-60-22-6-11-37(48(34)60)50(40)77-51-38-12-7-23-61-21-5-10-35(49(38)61)26-41(46)51/h14-19,24-26,29-30,43-45,64H,3-7,9-13,20-23,27-28H2,1H3,(H6-,56,58,59,65,66,67,68,69,70,71,72,73)/p+1/t30?,43?,44-,45-/m1/s1. The Kier molecular flexibility index (Phi) is 14.9. The number of nitrogens with zero attached hydrogens (tertiary/aromatic N) is 6. The highest BCUT2D eigenvalue weighted by molar-refractivity contribution is 7.66. The Bertz CT molecular complexity index is 4000. The monoisotopic (exact) mass is 1180 g/mol. The van der Waals surface area contributed by atoms with Crippen LogP contribution >= 0.6 is 23.5 Å². The number of phosphoric ester groups is 1. The van der Waals surface area contributed by atoms with Crippen LogP contribution in [0.2, 0.25) is 0 Å². The highest BCUT2D eigenvalue weighted by atomic mass is 31.3. The minimum Gasteiger partial charge on any atom is -0.478 e. The summed E-state index contributed by atoms with van der Waals surface area (Å²) in [4.78, 5) is 79.7. The van der Waals surface area contributed by atoms with E-state index in [-0.39, 0.29) is 53.6 Å². The van der Waals surface area contributed by atoms with Gasteiger partial charge in [-0.3, -0.25) is 13.9 Å². The van der Waals surface area contributed by atoms with Crippen LogP contribution in [-0.2, 0) is 57.3 Å². The second-order valence-electron chi connectivity index (χ2n) is 21.0. The maximum Gasteiger partial charge on any atom is 0.490 e. The second kappa shape index (κ2) is 21.8. The van der Waals surface area contributed by atoms with Gasteiger partial charge >= 0.3 is 29.4 Å². The summed E-state index contributed by atoms with van der Waals surface area (Å²) in [5.41, 5.74) is 16.7. The molecule has 0 radical (unpaired) electrons. The molecule has 1 saturated heterocycles. The molecule has 4 unspecified atom stereocenters. The van der Waals surface area contributed by atoms with E-state index in [1.807, 2.05) is 24.3 Å². The van der Waals surface area contributed by atoms with Gasteiger partial charge in [0.2, 0.25) is 17.2 Å². The SMILES string of the molecule is CC(Oc1nc(N)nc2c1ncn2[C@H]1CC(O)[C@@H](COP(=O)(O)OP(=O)(O)OP(=O)(O)O)O1)c1ccc(C#CCCC(=O)c2ccc(C(=O)O)c(C3=c4cc5c6c(c4Oc4c3cc3c7c4CCCN7CCC3)CCC[N+]=6CCC5)c2)cc1. The molecule has 0 amide bonds. The number of imidazole rings is 1. The Hall–Kier alpha value is -6.67. The molecule has 6 aliphatic heterocycles. The Morgan fingerprint density at radius 3 is 2.39 bits per heavy atom. The van der Waals surface area contributed by atoms with Crippen LogP contribution in [0.15, 0.2) is 60.9 Å². The molecule has 4 aromatic carbocycles. The number of carboxylic acid groups (broad SMARTS) is 1. The molecular formula is C55H57N7O17P3+. The van der Waals surface area contributed by atoms with Crippen LogP contribution < -0.4 is 35.3 Å². The number of aliphatic hydroxyl groups is 1. The van der Waals surface area contributed by atoms with Crippen molar-refractivity contribution >= 4 is 63.6 Å². The van der Waals surface area contributed by atoms with Gasteiger partial charge in [-0.25, -0.2) is 28.0 Å². The van der Waals surface area contributed by atoms with Crippen molar-refractivity contribution in [2.45, 2.75) is 102 Å². The maximum atomic E-state index is 14.1. The van der Waals surface area contributed by atoms with Crippen molar-refractivity contribution in [3.05, 3.63) is 127 Å². The molecule has 6 aromatic rings. The number of anilines is 2. The zero-order valence-corrected chi connectivity index (χ0v) is 46.9. The molecule has 428 valence electrons. The number of nitrogens with two attached hydrogens (primary N) is 1. The molecule has 6 aliphatic rings. The number of aromatic carboxylic acids is 1. The van der Waals surface area contributed by atoms with Crippen molar-refractivity contribution in [2.24, 2.45) is 0 Å². The number of hydrogen-bond acceptors (Lipinski definition) is 17. The summed E-state index contributed by atoms with van der Waals surface area (Å²) in [7, 11) is -16.8. The molecule has 27 heteroatoms. The fourth-order valence-electron chi connectivity index (χ4n) is 12.2. The van der Waals surface area contributed by atoms with Gasteiger partial charge in [0.05, 0.1) is 30.2 Å². The lowest BCUT2D eigenvalue weighted by Gasteiger charge is -2.39. The fourth-order valence-corrected chi connectivity index (χ4v) is 15.2. The van der Waals surface area contributed by atoms with Crippen molar-refractivity contribution in [3.63, 3.8) is 0 Å². The lowest BCUT2D eigenvalue weighted by Crippen LogP contribution is -2.45. The fraction of sp³-hybridized carbons (Fsp3) is 0.382. The first kappa shape index (κ1) is 55.8. The van der Waals surface area contributed by atoms with E-state index < -0.39 is 60.6 Å². The van der Waals surface area contributed by atoms with Gasteiger partial charge in [0.25, 0.3) is 0 Å². The third kappa shape index (κ3) is 11.0. The number of carbonyl (C=O) groups is 2. The number of fused-ring (bicyclic) bond motifs is 5. The Morgan fingerprint density at radius 1 is 0.878 bits per heavy atom. The summed E-state index contributed by atoms with van der Waals surface area (Å²) in [6.07, 6.45) is 4.97. The first-order valence-electron chi connectivity index (χ1n) is 26.9. The number of carboxylic acids is 1. The van der Waals surface area contributed by atoms with E-state index in [2.05, 4.69) is 61.5 Å². The Morgan fingerprint density at radius 2 is 1.62 bits per heavy atom. The summed E-state index contributed by atoms with van der Waals surface area (Å²) in [6.45, 7) is 4.90.